The second-order valence-corrected chi connectivity index (χ2v) is 4.02. The number of para-hydroxylation sites is 1. The molecule has 0 radical (unpaired) electrons. The van der Waals surface area contributed by atoms with E-state index in [9.17, 15) is 4.79 Å². The topological polar surface area (TPSA) is 50.4 Å². The summed E-state index contributed by atoms with van der Waals surface area (Å²) in [7, 11) is 0. The van der Waals surface area contributed by atoms with E-state index in [0.717, 1.165) is 12.1 Å². The van der Waals surface area contributed by atoms with Crippen molar-refractivity contribution in [2.45, 2.75) is 26.4 Å². The number of carbonyl (C=O) groups excluding carboxylic acids is 1. The Morgan fingerprint density at radius 1 is 1.29 bits per heavy atom. The summed E-state index contributed by atoms with van der Waals surface area (Å²) in [6, 6.07) is 9.19. The van der Waals surface area contributed by atoms with Gasteiger partial charge in [0.05, 0.1) is 6.10 Å². The first-order chi connectivity index (χ1) is 8.18. The van der Waals surface area contributed by atoms with Crippen molar-refractivity contribution in [2.75, 3.05) is 18.5 Å². The number of hydrogen-bond acceptors (Lipinski definition) is 2. The number of rotatable bonds is 6. The first-order valence-corrected chi connectivity index (χ1v) is 5.90. The molecule has 0 fully saturated rings. The summed E-state index contributed by atoms with van der Waals surface area (Å²) in [4.78, 5) is 11.4. The Hall–Kier alpha value is -1.55. The van der Waals surface area contributed by atoms with Crippen molar-refractivity contribution in [3.63, 3.8) is 0 Å². The van der Waals surface area contributed by atoms with Crippen molar-refractivity contribution in [1.82, 2.24) is 5.32 Å². The van der Waals surface area contributed by atoms with Crippen LogP contribution < -0.4 is 10.6 Å². The number of urea groups is 1. The van der Waals surface area contributed by atoms with Gasteiger partial charge >= 0.3 is 6.03 Å². The van der Waals surface area contributed by atoms with Crippen LogP contribution in [0.1, 0.15) is 20.3 Å². The SMILES string of the molecule is CC(C)OCCCNC(=O)Nc1ccccc1. The largest absolute Gasteiger partial charge is 0.379 e. The molecule has 1 rings (SSSR count). The van der Waals surface area contributed by atoms with E-state index < -0.39 is 0 Å². The molecule has 0 atom stereocenters. The van der Waals surface area contributed by atoms with Crippen LogP contribution in [0.15, 0.2) is 30.3 Å². The number of anilines is 1. The Morgan fingerprint density at radius 3 is 2.65 bits per heavy atom. The molecule has 0 unspecified atom stereocenters. The Kier molecular flexibility index (Phi) is 6.10. The van der Waals surface area contributed by atoms with E-state index in [0.29, 0.717) is 13.2 Å². The Balaban J connectivity index is 2.10. The van der Waals surface area contributed by atoms with Gasteiger partial charge in [0.2, 0.25) is 0 Å². The number of benzene rings is 1. The first kappa shape index (κ1) is 13.5. The third-order valence-electron chi connectivity index (χ3n) is 2.09. The minimum atomic E-state index is -0.180. The second-order valence-electron chi connectivity index (χ2n) is 4.02. The van der Waals surface area contributed by atoms with E-state index in [1.165, 1.54) is 0 Å². The summed E-state index contributed by atoms with van der Waals surface area (Å²) in [5, 5.41) is 5.53. The van der Waals surface area contributed by atoms with E-state index in [1.54, 1.807) is 0 Å². The monoisotopic (exact) mass is 236 g/mol. The molecular weight excluding hydrogens is 216 g/mol. The Morgan fingerprint density at radius 2 is 2.00 bits per heavy atom. The van der Waals surface area contributed by atoms with E-state index in [2.05, 4.69) is 10.6 Å². The maximum atomic E-state index is 11.4. The van der Waals surface area contributed by atoms with Crippen LogP contribution in [0.2, 0.25) is 0 Å². The molecule has 2 N–H and O–H groups in total. The van der Waals surface area contributed by atoms with Crippen LogP contribution in [0.25, 0.3) is 0 Å². The molecule has 1 aromatic rings. The predicted molar refractivity (Wildman–Crippen MR) is 69.2 cm³/mol. The number of ether oxygens (including phenoxy) is 1. The first-order valence-electron chi connectivity index (χ1n) is 5.90. The summed E-state index contributed by atoms with van der Waals surface area (Å²) >= 11 is 0. The summed E-state index contributed by atoms with van der Waals surface area (Å²) < 4.78 is 5.37. The lowest BCUT2D eigenvalue weighted by Crippen LogP contribution is -2.30. The zero-order valence-corrected chi connectivity index (χ0v) is 10.4. The fourth-order valence-corrected chi connectivity index (χ4v) is 1.29. The average Bonchev–Trinajstić information content (AvgIpc) is 2.29. The molecule has 0 spiro atoms. The Bertz CT molecular complexity index is 325. The number of nitrogens with one attached hydrogen (secondary N) is 2. The molecule has 17 heavy (non-hydrogen) atoms. The fraction of sp³-hybridized carbons (Fsp3) is 0.462. The highest BCUT2D eigenvalue weighted by Crippen LogP contribution is 2.03. The standard InChI is InChI=1S/C13H20N2O2/c1-11(2)17-10-6-9-14-13(16)15-12-7-4-3-5-8-12/h3-5,7-8,11H,6,9-10H2,1-2H3,(H2,14,15,16). The molecule has 0 aliphatic carbocycles. The van der Waals surface area contributed by atoms with Crippen molar-refractivity contribution in [1.29, 1.82) is 0 Å². The van der Waals surface area contributed by atoms with Crippen LogP contribution in [0, 0.1) is 0 Å². The molecule has 0 bridgehead atoms. The minimum Gasteiger partial charge on any atom is -0.379 e. The second kappa shape index (κ2) is 7.68. The zero-order chi connectivity index (χ0) is 12.5. The number of carbonyl (C=O) groups is 1. The molecule has 4 nitrogen and oxygen atoms in total. The molecule has 0 aromatic heterocycles. The average molecular weight is 236 g/mol. The molecule has 94 valence electrons. The molecule has 0 saturated carbocycles. The van der Waals surface area contributed by atoms with Crippen LogP contribution in [-0.2, 0) is 4.74 Å². The van der Waals surface area contributed by atoms with Crippen molar-refractivity contribution >= 4 is 11.7 Å². The lowest BCUT2D eigenvalue weighted by molar-refractivity contribution is 0.0775. The summed E-state index contributed by atoms with van der Waals surface area (Å²) in [6.07, 6.45) is 1.06. The highest BCUT2D eigenvalue weighted by atomic mass is 16.5. The molecule has 2 amide bonds. The predicted octanol–water partition coefficient (Wildman–Crippen LogP) is 2.62. The van der Waals surface area contributed by atoms with Gasteiger partial charge in [0.25, 0.3) is 0 Å². The quantitative estimate of drug-likeness (QED) is 0.746. The molecule has 0 heterocycles. The third-order valence-corrected chi connectivity index (χ3v) is 2.09. The van der Waals surface area contributed by atoms with Crippen LogP contribution in [-0.4, -0.2) is 25.3 Å². The van der Waals surface area contributed by atoms with Gasteiger partial charge in [0.1, 0.15) is 0 Å². The highest BCUT2D eigenvalue weighted by Gasteiger charge is 2.00. The van der Waals surface area contributed by atoms with Gasteiger partial charge < -0.3 is 15.4 Å². The van der Waals surface area contributed by atoms with Gasteiger partial charge in [-0.1, -0.05) is 18.2 Å². The van der Waals surface area contributed by atoms with Crippen LogP contribution in [0.5, 0.6) is 0 Å². The van der Waals surface area contributed by atoms with E-state index in [4.69, 9.17) is 4.74 Å². The summed E-state index contributed by atoms with van der Waals surface area (Å²) in [6.45, 7) is 5.28. The van der Waals surface area contributed by atoms with E-state index >= 15 is 0 Å². The number of hydrogen-bond donors (Lipinski definition) is 2. The molecule has 4 heteroatoms. The molecule has 0 aliphatic rings. The molecule has 0 saturated heterocycles. The van der Waals surface area contributed by atoms with Crippen molar-refractivity contribution in [2.24, 2.45) is 0 Å². The van der Waals surface area contributed by atoms with Gasteiger partial charge in [-0.25, -0.2) is 4.79 Å². The maximum absolute atomic E-state index is 11.4. The normalized spacial score (nSPS) is 10.3. The summed E-state index contributed by atoms with van der Waals surface area (Å²) in [5.74, 6) is 0. The van der Waals surface area contributed by atoms with Crippen LogP contribution >= 0.6 is 0 Å². The molecule has 0 aliphatic heterocycles. The van der Waals surface area contributed by atoms with Gasteiger partial charge in [-0.05, 0) is 32.4 Å². The molecule has 1 aromatic carbocycles. The van der Waals surface area contributed by atoms with Crippen molar-refractivity contribution in [3.05, 3.63) is 30.3 Å². The highest BCUT2D eigenvalue weighted by molar-refractivity contribution is 5.89. The fourth-order valence-electron chi connectivity index (χ4n) is 1.29. The van der Waals surface area contributed by atoms with Crippen LogP contribution in [0.3, 0.4) is 0 Å². The smallest absolute Gasteiger partial charge is 0.319 e. The van der Waals surface area contributed by atoms with Gasteiger partial charge in [-0.2, -0.15) is 0 Å². The lowest BCUT2D eigenvalue weighted by atomic mass is 10.3. The van der Waals surface area contributed by atoms with Crippen molar-refractivity contribution in [3.8, 4) is 0 Å². The van der Waals surface area contributed by atoms with Gasteiger partial charge in [-0.15, -0.1) is 0 Å². The third kappa shape index (κ3) is 6.58. The molecular formula is C13H20N2O2. The Labute approximate surface area is 102 Å². The van der Waals surface area contributed by atoms with Gasteiger partial charge in [0, 0.05) is 18.8 Å². The van der Waals surface area contributed by atoms with E-state index in [1.807, 2.05) is 44.2 Å². The van der Waals surface area contributed by atoms with E-state index in [-0.39, 0.29) is 12.1 Å². The zero-order valence-electron chi connectivity index (χ0n) is 10.4. The van der Waals surface area contributed by atoms with Crippen LogP contribution in [0.4, 0.5) is 10.5 Å². The van der Waals surface area contributed by atoms with Gasteiger partial charge in [-0.3, -0.25) is 0 Å². The van der Waals surface area contributed by atoms with Crippen molar-refractivity contribution < 1.29 is 9.53 Å². The lowest BCUT2D eigenvalue weighted by Gasteiger charge is -2.09. The number of amides is 2. The summed E-state index contributed by atoms with van der Waals surface area (Å²) in [5.41, 5.74) is 0.795. The minimum absolute atomic E-state index is 0.180. The maximum Gasteiger partial charge on any atom is 0.319 e. The van der Waals surface area contributed by atoms with Gasteiger partial charge in [0.15, 0.2) is 0 Å².